The number of nitrogens with two attached hydrogens (primary N) is 1. The zero-order chi connectivity index (χ0) is 14.4. The van der Waals surface area contributed by atoms with E-state index >= 15 is 0 Å². The molecule has 104 valence electrons. The van der Waals surface area contributed by atoms with Crippen LogP contribution >= 0.6 is 0 Å². The molecule has 0 amide bonds. The highest BCUT2D eigenvalue weighted by Crippen LogP contribution is 2.14. The van der Waals surface area contributed by atoms with E-state index in [2.05, 4.69) is 15.2 Å². The standard InChI is InChI=1S/C13H19N3O3/c1-8(15-9(2)13(17)19-3)10-4-6-11(7-5-10)12(14)16-18/h4-9,15,18H,1-3H3,(H2,14,16)/t8-,9+/m1/s1. The van der Waals surface area contributed by atoms with E-state index in [9.17, 15) is 4.79 Å². The third-order valence-corrected chi connectivity index (χ3v) is 2.87. The van der Waals surface area contributed by atoms with Gasteiger partial charge in [0.1, 0.15) is 6.04 Å². The molecule has 0 aliphatic rings. The summed E-state index contributed by atoms with van der Waals surface area (Å²) in [5.74, 6) is -0.241. The van der Waals surface area contributed by atoms with Gasteiger partial charge in [0.05, 0.1) is 7.11 Å². The van der Waals surface area contributed by atoms with E-state index in [1.165, 1.54) is 7.11 Å². The molecule has 1 rings (SSSR count). The van der Waals surface area contributed by atoms with Gasteiger partial charge in [-0.15, -0.1) is 0 Å². The molecule has 2 atom stereocenters. The fraction of sp³-hybridized carbons (Fsp3) is 0.385. The highest BCUT2D eigenvalue weighted by Gasteiger charge is 2.16. The summed E-state index contributed by atoms with van der Waals surface area (Å²) in [7, 11) is 1.36. The summed E-state index contributed by atoms with van der Waals surface area (Å²) in [6.07, 6.45) is 0. The molecule has 0 heterocycles. The normalized spacial score (nSPS) is 14.8. The topological polar surface area (TPSA) is 96.9 Å². The van der Waals surface area contributed by atoms with Gasteiger partial charge in [-0.2, -0.15) is 0 Å². The molecule has 6 heteroatoms. The number of esters is 1. The molecule has 0 unspecified atom stereocenters. The van der Waals surface area contributed by atoms with Crippen molar-refractivity contribution in [3.63, 3.8) is 0 Å². The molecule has 0 aliphatic carbocycles. The van der Waals surface area contributed by atoms with Crippen LogP contribution in [0.2, 0.25) is 0 Å². The Balaban J connectivity index is 2.73. The summed E-state index contributed by atoms with van der Waals surface area (Å²) < 4.78 is 4.65. The summed E-state index contributed by atoms with van der Waals surface area (Å²) in [5.41, 5.74) is 7.11. The molecule has 0 bridgehead atoms. The number of rotatable bonds is 5. The second-order valence-corrected chi connectivity index (χ2v) is 4.24. The third kappa shape index (κ3) is 3.96. The van der Waals surface area contributed by atoms with Crippen LogP contribution < -0.4 is 11.1 Å². The number of carbonyl (C=O) groups excluding carboxylic acids is 1. The number of nitrogens with zero attached hydrogens (tertiary/aromatic N) is 1. The predicted molar refractivity (Wildman–Crippen MR) is 72.0 cm³/mol. The van der Waals surface area contributed by atoms with Crippen LogP contribution in [-0.4, -0.2) is 30.2 Å². The minimum atomic E-state index is -0.385. The van der Waals surface area contributed by atoms with Gasteiger partial charge >= 0.3 is 5.97 Å². The molecular formula is C13H19N3O3. The van der Waals surface area contributed by atoms with E-state index in [0.29, 0.717) is 5.56 Å². The van der Waals surface area contributed by atoms with E-state index < -0.39 is 0 Å². The first kappa shape index (κ1) is 15.0. The Kier molecular flexibility index (Phi) is 5.32. The second-order valence-electron chi connectivity index (χ2n) is 4.24. The third-order valence-electron chi connectivity index (χ3n) is 2.87. The minimum absolute atomic E-state index is 0.0181. The van der Waals surface area contributed by atoms with Crippen molar-refractivity contribution < 1.29 is 14.7 Å². The molecular weight excluding hydrogens is 246 g/mol. The van der Waals surface area contributed by atoms with Gasteiger partial charge in [-0.05, 0) is 19.4 Å². The van der Waals surface area contributed by atoms with Gasteiger partial charge in [-0.1, -0.05) is 29.4 Å². The van der Waals surface area contributed by atoms with Gasteiger partial charge in [-0.25, -0.2) is 0 Å². The van der Waals surface area contributed by atoms with Crippen LogP contribution in [0.3, 0.4) is 0 Å². The van der Waals surface area contributed by atoms with E-state index in [4.69, 9.17) is 10.9 Å². The van der Waals surface area contributed by atoms with Gasteiger partial charge in [0.15, 0.2) is 5.84 Å². The molecule has 0 radical (unpaired) electrons. The quantitative estimate of drug-likeness (QED) is 0.242. The number of methoxy groups -OCH3 is 1. The Bertz CT molecular complexity index is 457. The molecule has 19 heavy (non-hydrogen) atoms. The average molecular weight is 265 g/mol. The molecule has 0 saturated heterocycles. The highest BCUT2D eigenvalue weighted by atomic mass is 16.5. The number of ether oxygens (including phenoxy) is 1. The number of nitrogens with one attached hydrogen (secondary N) is 1. The first-order valence-corrected chi connectivity index (χ1v) is 5.91. The summed E-state index contributed by atoms with van der Waals surface area (Å²) in [5, 5.41) is 14.6. The van der Waals surface area contributed by atoms with E-state index in [-0.39, 0.29) is 23.9 Å². The number of oxime groups is 1. The molecule has 0 aliphatic heterocycles. The zero-order valence-corrected chi connectivity index (χ0v) is 11.3. The van der Waals surface area contributed by atoms with E-state index in [1.807, 2.05) is 19.1 Å². The Morgan fingerprint density at radius 1 is 1.37 bits per heavy atom. The Hall–Kier alpha value is -2.08. The average Bonchev–Trinajstić information content (AvgIpc) is 2.45. The van der Waals surface area contributed by atoms with Crippen LogP contribution in [0.25, 0.3) is 0 Å². The van der Waals surface area contributed by atoms with Crippen molar-refractivity contribution in [1.29, 1.82) is 0 Å². The smallest absolute Gasteiger partial charge is 0.322 e. The summed E-state index contributed by atoms with van der Waals surface area (Å²) in [6.45, 7) is 3.69. The Morgan fingerprint density at radius 3 is 2.42 bits per heavy atom. The van der Waals surface area contributed by atoms with Gasteiger partial charge in [0, 0.05) is 11.6 Å². The van der Waals surface area contributed by atoms with Crippen molar-refractivity contribution in [1.82, 2.24) is 5.32 Å². The van der Waals surface area contributed by atoms with Crippen LogP contribution in [-0.2, 0) is 9.53 Å². The van der Waals surface area contributed by atoms with E-state index in [1.54, 1.807) is 19.1 Å². The number of carbonyl (C=O) groups is 1. The van der Waals surface area contributed by atoms with Crippen molar-refractivity contribution in [2.45, 2.75) is 25.9 Å². The number of hydrogen-bond acceptors (Lipinski definition) is 5. The predicted octanol–water partition coefficient (Wildman–Crippen LogP) is 0.993. The fourth-order valence-corrected chi connectivity index (χ4v) is 1.72. The summed E-state index contributed by atoms with van der Waals surface area (Å²) >= 11 is 0. The number of hydrogen-bond donors (Lipinski definition) is 3. The lowest BCUT2D eigenvalue weighted by atomic mass is 10.0. The number of amidine groups is 1. The Labute approximate surface area is 112 Å². The van der Waals surface area contributed by atoms with Crippen LogP contribution in [0.15, 0.2) is 29.4 Å². The molecule has 6 nitrogen and oxygen atoms in total. The molecule has 1 aromatic rings. The van der Waals surface area contributed by atoms with Crippen molar-refractivity contribution in [3.8, 4) is 0 Å². The summed E-state index contributed by atoms with van der Waals surface area (Å²) in [4.78, 5) is 11.3. The SMILES string of the molecule is COC(=O)[C@H](C)N[C@H](C)c1ccc(/C(N)=N/O)cc1. The maximum atomic E-state index is 11.3. The van der Waals surface area contributed by atoms with E-state index in [0.717, 1.165) is 5.56 Å². The first-order valence-electron chi connectivity index (χ1n) is 5.91. The fourth-order valence-electron chi connectivity index (χ4n) is 1.72. The maximum Gasteiger partial charge on any atom is 0.322 e. The van der Waals surface area contributed by atoms with Crippen molar-refractivity contribution >= 4 is 11.8 Å². The largest absolute Gasteiger partial charge is 0.468 e. The summed E-state index contributed by atoms with van der Waals surface area (Å²) in [6, 6.07) is 6.82. The molecule has 0 saturated carbocycles. The van der Waals surface area contributed by atoms with Gasteiger partial charge in [0.25, 0.3) is 0 Å². The lowest BCUT2D eigenvalue weighted by molar-refractivity contribution is -0.142. The molecule has 1 aromatic carbocycles. The van der Waals surface area contributed by atoms with Crippen molar-refractivity contribution in [2.75, 3.05) is 7.11 Å². The van der Waals surface area contributed by atoms with Gasteiger partial charge < -0.3 is 15.7 Å². The molecule has 0 spiro atoms. The molecule has 4 N–H and O–H groups in total. The minimum Gasteiger partial charge on any atom is -0.468 e. The second kappa shape index (κ2) is 6.75. The maximum absolute atomic E-state index is 11.3. The van der Waals surface area contributed by atoms with Crippen LogP contribution in [0, 0.1) is 0 Å². The van der Waals surface area contributed by atoms with Gasteiger partial charge in [0.2, 0.25) is 0 Å². The lowest BCUT2D eigenvalue weighted by Gasteiger charge is -2.18. The van der Waals surface area contributed by atoms with Crippen molar-refractivity contribution in [3.05, 3.63) is 35.4 Å². The van der Waals surface area contributed by atoms with Crippen LogP contribution in [0.4, 0.5) is 0 Å². The monoisotopic (exact) mass is 265 g/mol. The zero-order valence-electron chi connectivity index (χ0n) is 11.3. The lowest BCUT2D eigenvalue weighted by Crippen LogP contribution is -2.36. The van der Waals surface area contributed by atoms with Crippen LogP contribution in [0.5, 0.6) is 0 Å². The Morgan fingerprint density at radius 2 is 1.95 bits per heavy atom. The van der Waals surface area contributed by atoms with Crippen LogP contribution in [0.1, 0.15) is 31.0 Å². The first-order chi connectivity index (χ1) is 8.99. The van der Waals surface area contributed by atoms with Gasteiger partial charge in [-0.3, -0.25) is 10.1 Å². The van der Waals surface area contributed by atoms with Crippen molar-refractivity contribution in [2.24, 2.45) is 10.9 Å². The highest BCUT2D eigenvalue weighted by molar-refractivity contribution is 5.96. The number of benzene rings is 1. The molecule has 0 fully saturated rings. The molecule has 0 aromatic heterocycles.